The highest BCUT2D eigenvalue weighted by Crippen LogP contribution is 2.16. The first-order valence-corrected chi connectivity index (χ1v) is 5.70. The fourth-order valence-electron chi connectivity index (χ4n) is 1.71. The number of hydrogen-bond acceptors (Lipinski definition) is 1. The van der Waals surface area contributed by atoms with Crippen molar-refractivity contribution in [3.8, 4) is 0 Å². The monoisotopic (exact) mass is 264 g/mol. The van der Waals surface area contributed by atoms with Crippen LogP contribution in [0.4, 0.5) is 13.2 Å². The third kappa shape index (κ3) is 3.02. The number of benzene rings is 2. The standard InChI is InChI=1S/C15H11F3O/c1-9-2-4-10(5-3-9)6-14(19)11-7-12(16)15(18)13(17)8-11/h2-5,7-8H,6H2,1H3. The minimum absolute atomic E-state index is 0.0186. The third-order valence-corrected chi connectivity index (χ3v) is 2.79. The molecule has 0 aliphatic heterocycles. The number of hydrogen-bond donors (Lipinski definition) is 0. The van der Waals surface area contributed by atoms with E-state index in [1.54, 1.807) is 12.1 Å². The van der Waals surface area contributed by atoms with Gasteiger partial charge in [0.15, 0.2) is 23.2 Å². The highest BCUT2D eigenvalue weighted by molar-refractivity contribution is 5.97. The predicted molar refractivity (Wildman–Crippen MR) is 65.5 cm³/mol. The van der Waals surface area contributed by atoms with Crippen LogP contribution in [0.3, 0.4) is 0 Å². The molecule has 0 N–H and O–H groups in total. The van der Waals surface area contributed by atoms with Crippen molar-refractivity contribution >= 4 is 5.78 Å². The molecule has 2 aromatic carbocycles. The number of halogens is 3. The fraction of sp³-hybridized carbons (Fsp3) is 0.133. The van der Waals surface area contributed by atoms with Gasteiger partial charge in [0.05, 0.1) is 0 Å². The van der Waals surface area contributed by atoms with Crippen molar-refractivity contribution < 1.29 is 18.0 Å². The van der Waals surface area contributed by atoms with Crippen molar-refractivity contribution in [1.29, 1.82) is 0 Å². The largest absolute Gasteiger partial charge is 0.294 e. The van der Waals surface area contributed by atoms with Gasteiger partial charge in [-0.3, -0.25) is 4.79 Å². The minimum atomic E-state index is -1.56. The zero-order valence-corrected chi connectivity index (χ0v) is 10.2. The molecule has 2 rings (SSSR count). The van der Waals surface area contributed by atoms with Crippen LogP contribution in [0.25, 0.3) is 0 Å². The summed E-state index contributed by atoms with van der Waals surface area (Å²) in [7, 11) is 0. The summed E-state index contributed by atoms with van der Waals surface area (Å²) in [5.41, 5.74) is 1.62. The molecule has 0 heterocycles. The molecule has 0 aromatic heterocycles. The third-order valence-electron chi connectivity index (χ3n) is 2.79. The van der Waals surface area contributed by atoms with Crippen LogP contribution in [0.5, 0.6) is 0 Å². The Morgan fingerprint density at radius 3 is 2.05 bits per heavy atom. The van der Waals surface area contributed by atoms with Crippen molar-refractivity contribution in [2.75, 3.05) is 0 Å². The fourth-order valence-corrected chi connectivity index (χ4v) is 1.71. The number of carbonyl (C=O) groups is 1. The van der Waals surface area contributed by atoms with Crippen LogP contribution in [-0.4, -0.2) is 5.78 Å². The average molecular weight is 264 g/mol. The van der Waals surface area contributed by atoms with Gasteiger partial charge in [0.1, 0.15) is 0 Å². The van der Waals surface area contributed by atoms with E-state index in [0.717, 1.165) is 23.3 Å². The summed E-state index contributed by atoms with van der Waals surface area (Å²) in [6, 6.07) is 8.65. The molecule has 0 saturated heterocycles. The van der Waals surface area contributed by atoms with Gasteiger partial charge in [-0.2, -0.15) is 0 Å². The second-order valence-electron chi connectivity index (χ2n) is 4.34. The van der Waals surface area contributed by atoms with Crippen LogP contribution >= 0.6 is 0 Å². The van der Waals surface area contributed by atoms with Crippen molar-refractivity contribution in [2.24, 2.45) is 0 Å². The van der Waals surface area contributed by atoms with E-state index >= 15 is 0 Å². The Balaban J connectivity index is 2.23. The van der Waals surface area contributed by atoms with Gasteiger partial charge in [0.25, 0.3) is 0 Å². The molecule has 19 heavy (non-hydrogen) atoms. The molecule has 1 nitrogen and oxygen atoms in total. The lowest BCUT2D eigenvalue weighted by Crippen LogP contribution is -2.06. The van der Waals surface area contributed by atoms with Gasteiger partial charge in [-0.15, -0.1) is 0 Å². The Morgan fingerprint density at radius 1 is 1.00 bits per heavy atom. The SMILES string of the molecule is Cc1ccc(CC(=O)c2cc(F)c(F)c(F)c2)cc1. The number of Topliss-reactive ketones (excluding diaryl/α,β-unsaturated/α-hetero) is 1. The molecule has 0 unspecified atom stereocenters. The van der Waals surface area contributed by atoms with E-state index in [2.05, 4.69) is 0 Å². The Morgan fingerprint density at radius 2 is 1.53 bits per heavy atom. The summed E-state index contributed by atoms with van der Waals surface area (Å²) in [4.78, 5) is 11.9. The first-order chi connectivity index (χ1) is 8.97. The second-order valence-corrected chi connectivity index (χ2v) is 4.34. The first-order valence-electron chi connectivity index (χ1n) is 5.70. The van der Waals surface area contributed by atoms with Crippen LogP contribution in [0.1, 0.15) is 21.5 Å². The van der Waals surface area contributed by atoms with Crippen molar-refractivity contribution in [3.63, 3.8) is 0 Å². The molecule has 0 aliphatic rings. The van der Waals surface area contributed by atoms with Crippen LogP contribution in [0.2, 0.25) is 0 Å². The quantitative estimate of drug-likeness (QED) is 0.608. The Hall–Kier alpha value is -2.10. The maximum atomic E-state index is 13.0. The average Bonchev–Trinajstić information content (AvgIpc) is 2.38. The molecule has 0 atom stereocenters. The smallest absolute Gasteiger partial charge is 0.194 e. The van der Waals surface area contributed by atoms with Gasteiger partial charge >= 0.3 is 0 Å². The maximum absolute atomic E-state index is 13.0. The summed E-state index contributed by atoms with van der Waals surface area (Å²) in [6.07, 6.45) is 0.0186. The van der Waals surface area contributed by atoms with Gasteiger partial charge in [-0.25, -0.2) is 13.2 Å². The maximum Gasteiger partial charge on any atom is 0.194 e. The Kier molecular flexibility index (Phi) is 3.69. The molecular weight excluding hydrogens is 253 g/mol. The zero-order valence-electron chi connectivity index (χ0n) is 10.2. The lowest BCUT2D eigenvalue weighted by molar-refractivity contribution is 0.0992. The highest BCUT2D eigenvalue weighted by Gasteiger charge is 2.15. The molecular formula is C15H11F3O. The van der Waals surface area contributed by atoms with Crippen LogP contribution in [0, 0.1) is 24.4 Å². The molecule has 0 amide bonds. The molecule has 0 fully saturated rings. The van der Waals surface area contributed by atoms with Crippen molar-refractivity contribution in [1.82, 2.24) is 0 Å². The van der Waals surface area contributed by atoms with Crippen LogP contribution < -0.4 is 0 Å². The Bertz CT molecular complexity index is 595. The van der Waals surface area contributed by atoms with E-state index in [-0.39, 0.29) is 12.0 Å². The van der Waals surface area contributed by atoms with Gasteiger partial charge in [0, 0.05) is 12.0 Å². The van der Waals surface area contributed by atoms with E-state index in [1.165, 1.54) is 0 Å². The molecule has 0 saturated carbocycles. The number of rotatable bonds is 3. The van der Waals surface area contributed by atoms with E-state index in [0.29, 0.717) is 0 Å². The Labute approximate surface area is 108 Å². The van der Waals surface area contributed by atoms with Gasteiger partial charge in [-0.05, 0) is 24.6 Å². The van der Waals surface area contributed by atoms with Gasteiger partial charge in [-0.1, -0.05) is 29.8 Å². The summed E-state index contributed by atoms with van der Waals surface area (Å²) in [6.45, 7) is 1.91. The molecule has 4 heteroatoms. The van der Waals surface area contributed by atoms with E-state index in [4.69, 9.17) is 0 Å². The normalized spacial score (nSPS) is 10.5. The van der Waals surface area contributed by atoms with E-state index in [1.807, 2.05) is 19.1 Å². The summed E-state index contributed by atoms with van der Waals surface area (Å²) in [5, 5.41) is 0. The minimum Gasteiger partial charge on any atom is -0.294 e. The number of aryl methyl sites for hydroxylation is 1. The first kappa shape index (κ1) is 13.3. The van der Waals surface area contributed by atoms with Crippen LogP contribution in [0.15, 0.2) is 36.4 Å². The van der Waals surface area contributed by atoms with E-state index < -0.39 is 23.2 Å². The molecule has 0 spiro atoms. The molecule has 0 radical (unpaired) electrons. The van der Waals surface area contributed by atoms with E-state index in [9.17, 15) is 18.0 Å². The predicted octanol–water partition coefficient (Wildman–Crippen LogP) is 3.84. The summed E-state index contributed by atoms with van der Waals surface area (Å²) >= 11 is 0. The summed E-state index contributed by atoms with van der Waals surface area (Å²) < 4.78 is 38.8. The molecule has 98 valence electrons. The van der Waals surface area contributed by atoms with Crippen LogP contribution in [-0.2, 0) is 6.42 Å². The second kappa shape index (κ2) is 5.26. The van der Waals surface area contributed by atoms with Gasteiger partial charge in [0.2, 0.25) is 0 Å². The lowest BCUT2D eigenvalue weighted by Gasteiger charge is -2.04. The number of ketones is 1. The highest BCUT2D eigenvalue weighted by atomic mass is 19.2. The molecule has 0 aliphatic carbocycles. The van der Waals surface area contributed by atoms with Crippen molar-refractivity contribution in [2.45, 2.75) is 13.3 Å². The van der Waals surface area contributed by atoms with Crippen molar-refractivity contribution in [3.05, 3.63) is 70.5 Å². The zero-order chi connectivity index (χ0) is 14.0. The topological polar surface area (TPSA) is 17.1 Å². The van der Waals surface area contributed by atoms with Gasteiger partial charge < -0.3 is 0 Å². The molecule has 2 aromatic rings. The molecule has 0 bridgehead atoms. The summed E-state index contributed by atoms with van der Waals surface area (Å²) in [5.74, 6) is -4.73. The number of carbonyl (C=O) groups excluding carboxylic acids is 1. The lowest BCUT2D eigenvalue weighted by atomic mass is 10.0.